The number of fused-ring (bicyclic) bond motifs is 1. The van der Waals surface area contributed by atoms with Crippen molar-refractivity contribution >= 4 is 0 Å². The van der Waals surface area contributed by atoms with Crippen LogP contribution in [0.4, 0.5) is 0 Å². The number of hydrogen-bond acceptors (Lipinski definition) is 2. The summed E-state index contributed by atoms with van der Waals surface area (Å²) in [5.41, 5.74) is 0.465. The fourth-order valence-corrected chi connectivity index (χ4v) is 3.12. The summed E-state index contributed by atoms with van der Waals surface area (Å²) >= 11 is 0. The maximum absolute atomic E-state index is 9.03. The van der Waals surface area contributed by atoms with E-state index in [1.165, 1.54) is 12.8 Å². The molecule has 1 saturated heterocycles. The molecule has 1 aliphatic heterocycles. The molecule has 1 N–H and O–H groups in total. The topological polar surface area (TPSA) is 32.8 Å². The summed E-state index contributed by atoms with van der Waals surface area (Å²) < 4.78 is 5.77. The number of epoxide rings is 1. The van der Waals surface area contributed by atoms with E-state index in [0.717, 1.165) is 12.3 Å². The number of hydrogen-bond donors (Lipinski definition) is 1. The molecule has 2 rings (SSSR count). The average molecular weight is 212 g/mol. The minimum Gasteiger partial charge on any atom is -0.396 e. The molecule has 0 bridgehead atoms. The Labute approximate surface area is 93.0 Å². The van der Waals surface area contributed by atoms with Crippen molar-refractivity contribution in [2.24, 2.45) is 17.3 Å². The molecule has 0 spiro atoms. The van der Waals surface area contributed by atoms with Crippen LogP contribution < -0.4 is 0 Å². The van der Waals surface area contributed by atoms with Gasteiger partial charge in [0.25, 0.3) is 0 Å². The third-order valence-electron chi connectivity index (χ3n) is 5.06. The summed E-state index contributed by atoms with van der Waals surface area (Å²) in [6.07, 6.45) is 4.13. The minimum absolute atomic E-state index is 0.153. The second-order valence-electron chi connectivity index (χ2n) is 6.23. The van der Waals surface area contributed by atoms with Crippen LogP contribution in [-0.2, 0) is 4.74 Å². The molecule has 2 fully saturated rings. The van der Waals surface area contributed by atoms with E-state index in [2.05, 4.69) is 27.7 Å². The predicted octanol–water partition coefficient (Wildman–Crippen LogP) is 2.60. The van der Waals surface area contributed by atoms with Gasteiger partial charge in [0.1, 0.15) is 0 Å². The molecule has 2 aliphatic rings. The standard InChI is InChI=1S/C13H24O2/c1-9(8-14)5-6-10-7-11-13(4,15-11)12(10,2)3/h9-11,14H,5-8H2,1-4H3/t9?,10-,11+,13+/m0/s1. The summed E-state index contributed by atoms with van der Waals surface area (Å²) in [6, 6.07) is 0. The molecule has 1 heterocycles. The van der Waals surface area contributed by atoms with E-state index in [1.807, 2.05) is 0 Å². The fourth-order valence-electron chi connectivity index (χ4n) is 3.12. The maximum atomic E-state index is 9.03. The molecule has 15 heavy (non-hydrogen) atoms. The Morgan fingerprint density at radius 1 is 1.40 bits per heavy atom. The highest BCUT2D eigenvalue weighted by Crippen LogP contribution is 2.64. The summed E-state index contributed by atoms with van der Waals surface area (Å²) in [6.45, 7) is 9.39. The van der Waals surface area contributed by atoms with Gasteiger partial charge in [-0.1, -0.05) is 20.8 Å². The highest BCUT2D eigenvalue weighted by molar-refractivity contribution is 5.17. The third kappa shape index (κ3) is 1.62. The second kappa shape index (κ2) is 3.46. The van der Waals surface area contributed by atoms with E-state index >= 15 is 0 Å². The van der Waals surface area contributed by atoms with Gasteiger partial charge in [-0.05, 0) is 43.4 Å². The monoisotopic (exact) mass is 212 g/mol. The Morgan fingerprint density at radius 3 is 2.53 bits per heavy atom. The van der Waals surface area contributed by atoms with Gasteiger partial charge in [-0.2, -0.15) is 0 Å². The van der Waals surface area contributed by atoms with Crippen LogP contribution in [0.25, 0.3) is 0 Å². The van der Waals surface area contributed by atoms with Crippen molar-refractivity contribution in [1.29, 1.82) is 0 Å². The first kappa shape index (κ1) is 11.4. The first-order chi connectivity index (χ1) is 6.91. The molecule has 2 heteroatoms. The fraction of sp³-hybridized carbons (Fsp3) is 1.00. The lowest BCUT2D eigenvalue weighted by molar-refractivity contribution is 0.0633. The van der Waals surface area contributed by atoms with Crippen LogP contribution in [0.5, 0.6) is 0 Å². The molecule has 4 atom stereocenters. The quantitative estimate of drug-likeness (QED) is 0.727. The zero-order chi connectivity index (χ0) is 11.3. The SMILES string of the molecule is CC(CO)CC[C@H]1C[C@H]2O[C@@]2(C)C1(C)C. The lowest BCUT2D eigenvalue weighted by atomic mass is 9.72. The van der Waals surface area contributed by atoms with Crippen molar-refractivity contribution < 1.29 is 9.84 Å². The first-order valence-electron chi connectivity index (χ1n) is 6.20. The third-order valence-corrected chi connectivity index (χ3v) is 5.06. The van der Waals surface area contributed by atoms with Gasteiger partial charge in [-0.25, -0.2) is 0 Å². The summed E-state index contributed by atoms with van der Waals surface area (Å²) in [4.78, 5) is 0. The highest BCUT2D eigenvalue weighted by atomic mass is 16.6. The van der Waals surface area contributed by atoms with Gasteiger partial charge in [-0.3, -0.25) is 0 Å². The molecular weight excluding hydrogens is 188 g/mol. The molecule has 0 aromatic rings. The molecule has 88 valence electrons. The molecule has 0 radical (unpaired) electrons. The van der Waals surface area contributed by atoms with E-state index in [4.69, 9.17) is 9.84 Å². The van der Waals surface area contributed by atoms with Gasteiger partial charge in [0.15, 0.2) is 0 Å². The molecular formula is C13H24O2. The molecule has 1 saturated carbocycles. The highest BCUT2D eigenvalue weighted by Gasteiger charge is 2.69. The van der Waals surface area contributed by atoms with Gasteiger partial charge >= 0.3 is 0 Å². The zero-order valence-corrected chi connectivity index (χ0v) is 10.4. The van der Waals surface area contributed by atoms with Crippen molar-refractivity contribution in [2.45, 2.75) is 58.7 Å². The maximum Gasteiger partial charge on any atom is 0.0973 e. The van der Waals surface area contributed by atoms with E-state index in [0.29, 0.717) is 24.0 Å². The Bertz CT molecular complexity index is 249. The van der Waals surface area contributed by atoms with E-state index in [-0.39, 0.29) is 5.60 Å². The van der Waals surface area contributed by atoms with Gasteiger partial charge < -0.3 is 9.84 Å². The van der Waals surface area contributed by atoms with Crippen molar-refractivity contribution in [3.05, 3.63) is 0 Å². The lowest BCUT2D eigenvalue weighted by Crippen LogP contribution is -2.33. The zero-order valence-electron chi connectivity index (χ0n) is 10.4. The van der Waals surface area contributed by atoms with Crippen LogP contribution in [0.15, 0.2) is 0 Å². The van der Waals surface area contributed by atoms with Crippen LogP contribution in [0.2, 0.25) is 0 Å². The number of rotatable bonds is 4. The Morgan fingerprint density at radius 2 is 2.07 bits per heavy atom. The average Bonchev–Trinajstić information content (AvgIpc) is 2.80. The number of aliphatic hydroxyl groups excluding tert-OH is 1. The number of aliphatic hydroxyl groups is 1. The van der Waals surface area contributed by atoms with Crippen LogP contribution in [0, 0.1) is 17.3 Å². The Hall–Kier alpha value is -0.0800. The summed E-state index contributed by atoms with van der Waals surface area (Å²) in [5, 5.41) is 9.03. The van der Waals surface area contributed by atoms with Gasteiger partial charge in [0, 0.05) is 6.61 Å². The van der Waals surface area contributed by atoms with Crippen molar-refractivity contribution in [2.75, 3.05) is 6.61 Å². The van der Waals surface area contributed by atoms with Gasteiger partial charge in [0.05, 0.1) is 11.7 Å². The molecule has 1 aliphatic carbocycles. The normalized spacial score (nSPS) is 43.8. The predicted molar refractivity (Wildman–Crippen MR) is 60.6 cm³/mol. The van der Waals surface area contributed by atoms with Crippen molar-refractivity contribution in [3.63, 3.8) is 0 Å². The summed E-state index contributed by atoms with van der Waals surface area (Å²) in [7, 11) is 0. The number of ether oxygens (including phenoxy) is 1. The van der Waals surface area contributed by atoms with E-state index in [1.54, 1.807) is 0 Å². The molecule has 0 aromatic carbocycles. The van der Waals surface area contributed by atoms with Gasteiger partial charge in [-0.15, -0.1) is 0 Å². The lowest BCUT2D eigenvalue weighted by Gasteiger charge is -2.34. The van der Waals surface area contributed by atoms with Crippen LogP contribution >= 0.6 is 0 Å². The molecule has 2 nitrogen and oxygen atoms in total. The van der Waals surface area contributed by atoms with Crippen LogP contribution in [-0.4, -0.2) is 23.4 Å². The van der Waals surface area contributed by atoms with Crippen LogP contribution in [0.1, 0.15) is 47.0 Å². The minimum atomic E-state index is 0.153. The molecule has 0 aromatic heterocycles. The summed E-state index contributed by atoms with van der Waals surface area (Å²) in [5.74, 6) is 1.22. The van der Waals surface area contributed by atoms with E-state index in [9.17, 15) is 0 Å². The molecule has 0 amide bonds. The van der Waals surface area contributed by atoms with Crippen LogP contribution in [0.3, 0.4) is 0 Å². The van der Waals surface area contributed by atoms with Crippen molar-refractivity contribution in [3.8, 4) is 0 Å². The van der Waals surface area contributed by atoms with Crippen molar-refractivity contribution in [1.82, 2.24) is 0 Å². The Kier molecular flexibility index (Phi) is 2.63. The first-order valence-corrected chi connectivity index (χ1v) is 6.20. The molecule has 1 unspecified atom stereocenters. The smallest absolute Gasteiger partial charge is 0.0973 e. The largest absolute Gasteiger partial charge is 0.396 e. The Balaban J connectivity index is 1.90. The second-order valence-corrected chi connectivity index (χ2v) is 6.23. The van der Waals surface area contributed by atoms with Gasteiger partial charge in [0.2, 0.25) is 0 Å². The van der Waals surface area contributed by atoms with E-state index < -0.39 is 0 Å².